The SMILES string of the molecule is CNCc1c(-c2ccc(C)cc2)ncn1C. The van der Waals surface area contributed by atoms with E-state index in [2.05, 4.69) is 46.1 Å². The highest BCUT2D eigenvalue weighted by atomic mass is 15.1. The van der Waals surface area contributed by atoms with Gasteiger partial charge in [0.05, 0.1) is 17.7 Å². The average Bonchev–Trinajstić information content (AvgIpc) is 2.63. The molecule has 1 heterocycles. The highest BCUT2D eigenvalue weighted by Crippen LogP contribution is 2.21. The van der Waals surface area contributed by atoms with Crippen LogP contribution in [0.1, 0.15) is 11.3 Å². The first-order chi connectivity index (χ1) is 7.72. The number of hydrogen-bond donors (Lipinski definition) is 1. The van der Waals surface area contributed by atoms with E-state index in [-0.39, 0.29) is 0 Å². The fraction of sp³-hybridized carbons (Fsp3) is 0.308. The number of nitrogens with zero attached hydrogens (tertiary/aromatic N) is 2. The van der Waals surface area contributed by atoms with E-state index in [0.717, 1.165) is 12.2 Å². The van der Waals surface area contributed by atoms with Gasteiger partial charge < -0.3 is 9.88 Å². The first-order valence-corrected chi connectivity index (χ1v) is 5.44. The van der Waals surface area contributed by atoms with Gasteiger partial charge in [0.2, 0.25) is 0 Å². The molecule has 1 N–H and O–H groups in total. The van der Waals surface area contributed by atoms with Crippen molar-refractivity contribution in [1.82, 2.24) is 14.9 Å². The summed E-state index contributed by atoms with van der Waals surface area (Å²) in [5.41, 5.74) is 4.73. The van der Waals surface area contributed by atoms with Gasteiger partial charge in [0.1, 0.15) is 0 Å². The van der Waals surface area contributed by atoms with Gasteiger partial charge in [0, 0.05) is 19.2 Å². The molecule has 0 unspecified atom stereocenters. The van der Waals surface area contributed by atoms with Crippen LogP contribution in [0.4, 0.5) is 0 Å². The van der Waals surface area contributed by atoms with Gasteiger partial charge in [-0.1, -0.05) is 29.8 Å². The minimum atomic E-state index is 0.833. The zero-order valence-electron chi connectivity index (χ0n) is 9.99. The van der Waals surface area contributed by atoms with Crippen molar-refractivity contribution in [2.45, 2.75) is 13.5 Å². The molecular weight excluding hydrogens is 198 g/mol. The second-order valence-corrected chi connectivity index (χ2v) is 4.05. The molecule has 0 aliphatic carbocycles. The molecular formula is C13H17N3. The van der Waals surface area contributed by atoms with Crippen LogP contribution < -0.4 is 5.32 Å². The lowest BCUT2D eigenvalue weighted by Crippen LogP contribution is -2.09. The molecule has 1 aromatic carbocycles. The number of benzene rings is 1. The van der Waals surface area contributed by atoms with Crippen molar-refractivity contribution < 1.29 is 0 Å². The third-order valence-electron chi connectivity index (χ3n) is 2.73. The molecule has 0 atom stereocenters. The van der Waals surface area contributed by atoms with E-state index in [0.29, 0.717) is 0 Å². The lowest BCUT2D eigenvalue weighted by Gasteiger charge is -2.05. The van der Waals surface area contributed by atoms with E-state index >= 15 is 0 Å². The Labute approximate surface area is 96.1 Å². The fourth-order valence-electron chi connectivity index (χ4n) is 1.78. The lowest BCUT2D eigenvalue weighted by atomic mass is 10.1. The maximum atomic E-state index is 4.46. The number of hydrogen-bond acceptors (Lipinski definition) is 2. The molecule has 0 amide bonds. The van der Waals surface area contributed by atoms with Crippen molar-refractivity contribution >= 4 is 0 Å². The van der Waals surface area contributed by atoms with Crippen molar-refractivity contribution in [3.05, 3.63) is 41.9 Å². The zero-order valence-corrected chi connectivity index (χ0v) is 9.99. The molecule has 0 saturated heterocycles. The van der Waals surface area contributed by atoms with Crippen molar-refractivity contribution in [1.29, 1.82) is 0 Å². The van der Waals surface area contributed by atoms with E-state index in [9.17, 15) is 0 Å². The molecule has 2 aromatic rings. The minimum absolute atomic E-state index is 0.833. The van der Waals surface area contributed by atoms with Gasteiger partial charge in [-0.2, -0.15) is 0 Å². The summed E-state index contributed by atoms with van der Waals surface area (Å²) < 4.78 is 2.06. The zero-order chi connectivity index (χ0) is 11.5. The Morgan fingerprint density at radius 2 is 1.94 bits per heavy atom. The van der Waals surface area contributed by atoms with Crippen LogP contribution in [-0.4, -0.2) is 16.6 Å². The van der Waals surface area contributed by atoms with Crippen LogP contribution in [0.25, 0.3) is 11.3 Å². The smallest absolute Gasteiger partial charge is 0.0953 e. The summed E-state index contributed by atoms with van der Waals surface area (Å²) in [5.74, 6) is 0. The Bertz CT molecular complexity index is 468. The topological polar surface area (TPSA) is 29.9 Å². The highest BCUT2D eigenvalue weighted by molar-refractivity contribution is 5.62. The van der Waals surface area contributed by atoms with E-state index in [4.69, 9.17) is 0 Å². The normalized spacial score (nSPS) is 10.7. The number of imidazole rings is 1. The molecule has 84 valence electrons. The van der Waals surface area contributed by atoms with Crippen LogP contribution in [0.5, 0.6) is 0 Å². The standard InChI is InChI=1S/C13H17N3/c1-10-4-6-11(7-5-10)13-12(8-14-2)16(3)9-15-13/h4-7,9,14H,8H2,1-3H3. The molecule has 0 bridgehead atoms. The van der Waals surface area contributed by atoms with Crippen molar-refractivity contribution in [3.8, 4) is 11.3 Å². The summed E-state index contributed by atoms with van der Waals surface area (Å²) in [6.45, 7) is 2.93. The van der Waals surface area contributed by atoms with Gasteiger partial charge in [-0.25, -0.2) is 4.98 Å². The van der Waals surface area contributed by atoms with Crippen LogP contribution >= 0.6 is 0 Å². The van der Waals surface area contributed by atoms with Gasteiger partial charge >= 0.3 is 0 Å². The maximum Gasteiger partial charge on any atom is 0.0953 e. The second-order valence-electron chi connectivity index (χ2n) is 4.05. The third kappa shape index (κ3) is 1.99. The fourth-order valence-corrected chi connectivity index (χ4v) is 1.78. The van der Waals surface area contributed by atoms with Crippen LogP contribution in [0.2, 0.25) is 0 Å². The van der Waals surface area contributed by atoms with Crippen LogP contribution in [0.3, 0.4) is 0 Å². The van der Waals surface area contributed by atoms with Crippen LogP contribution in [0, 0.1) is 6.92 Å². The quantitative estimate of drug-likeness (QED) is 0.850. The molecule has 0 fully saturated rings. The Kier molecular flexibility index (Phi) is 3.06. The molecule has 0 saturated carbocycles. The second kappa shape index (κ2) is 4.49. The van der Waals surface area contributed by atoms with E-state index in [1.54, 1.807) is 0 Å². The summed E-state index contributed by atoms with van der Waals surface area (Å²) in [5, 5.41) is 3.17. The van der Waals surface area contributed by atoms with Crippen LogP contribution in [0.15, 0.2) is 30.6 Å². The minimum Gasteiger partial charge on any atom is -0.336 e. The van der Waals surface area contributed by atoms with Gasteiger partial charge in [-0.05, 0) is 14.0 Å². The summed E-state index contributed by atoms with van der Waals surface area (Å²) in [4.78, 5) is 4.46. The van der Waals surface area contributed by atoms with E-state index in [1.807, 2.05) is 20.4 Å². The Morgan fingerprint density at radius 3 is 2.56 bits per heavy atom. The molecule has 2 rings (SSSR count). The Morgan fingerprint density at radius 1 is 1.25 bits per heavy atom. The summed E-state index contributed by atoms with van der Waals surface area (Å²) >= 11 is 0. The monoisotopic (exact) mass is 215 g/mol. The molecule has 0 aliphatic rings. The van der Waals surface area contributed by atoms with E-state index < -0.39 is 0 Å². The van der Waals surface area contributed by atoms with Gasteiger partial charge in [0.15, 0.2) is 0 Å². The van der Waals surface area contributed by atoms with Gasteiger partial charge in [0.25, 0.3) is 0 Å². The van der Waals surface area contributed by atoms with Crippen molar-refractivity contribution in [2.75, 3.05) is 7.05 Å². The van der Waals surface area contributed by atoms with Gasteiger partial charge in [-0.15, -0.1) is 0 Å². The van der Waals surface area contributed by atoms with Crippen molar-refractivity contribution in [3.63, 3.8) is 0 Å². The Balaban J connectivity index is 2.43. The number of aromatic nitrogens is 2. The molecule has 0 aliphatic heterocycles. The summed E-state index contributed by atoms with van der Waals surface area (Å²) in [7, 11) is 3.98. The third-order valence-corrected chi connectivity index (χ3v) is 2.73. The maximum absolute atomic E-state index is 4.46. The molecule has 16 heavy (non-hydrogen) atoms. The van der Waals surface area contributed by atoms with Crippen LogP contribution in [-0.2, 0) is 13.6 Å². The first-order valence-electron chi connectivity index (χ1n) is 5.44. The first kappa shape index (κ1) is 10.9. The predicted molar refractivity (Wildman–Crippen MR) is 66.1 cm³/mol. The molecule has 1 aromatic heterocycles. The largest absolute Gasteiger partial charge is 0.336 e. The predicted octanol–water partition coefficient (Wildman–Crippen LogP) is 2.11. The van der Waals surface area contributed by atoms with E-state index in [1.165, 1.54) is 16.8 Å². The molecule has 0 radical (unpaired) electrons. The highest BCUT2D eigenvalue weighted by Gasteiger charge is 2.09. The Hall–Kier alpha value is -1.61. The molecule has 3 heteroatoms. The molecule has 0 spiro atoms. The summed E-state index contributed by atoms with van der Waals surface area (Å²) in [6.07, 6.45) is 1.86. The van der Waals surface area contributed by atoms with Gasteiger partial charge in [-0.3, -0.25) is 0 Å². The van der Waals surface area contributed by atoms with Crippen molar-refractivity contribution in [2.24, 2.45) is 7.05 Å². The average molecular weight is 215 g/mol. The number of nitrogens with one attached hydrogen (secondary N) is 1. The number of rotatable bonds is 3. The molecule has 3 nitrogen and oxygen atoms in total. The number of aryl methyl sites for hydroxylation is 2. The summed E-state index contributed by atoms with van der Waals surface area (Å²) in [6, 6.07) is 8.48. The lowest BCUT2D eigenvalue weighted by molar-refractivity contribution is 0.735.